The summed E-state index contributed by atoms with van der Waals surface area (Å²) in [4.78, 5) is 17.4. The van der Waals surface area contributed by atoms with Gasteiger partial charge in [0.1, 0.15) is 0 Å². The number of nitrogens with one attached hydrogen (secondary N) is 1. The van der Waals surface area contributed by atoms with E-state index < -0.39 is 0 Å². The number of hydrogen-bond donors (Lipinski definition) is 1. The maximum atomic E-state index is 12.9. The number of carbonyl (C=O) groups is 1. The molecule has 0 spiro atoms. The van der Waals surface area contributed by atoms with E-state index in [1.807, 2.05) is 23.1 Å². The van der Waals surface area contributed by atoms with Gasteiger partial charge in [-0.25, -0.2) is 0 Å². The predicted molar refractivity (Wildman–Crippen MR) is 104 cm³/mol. The van der Waals surface area contributed by atoms with Crippen LogP contribution in [0.5, 0.6) is 0 Å². The zero-order valence-electron chi connectivity index (χ0n) is 15.2. The SMILES string of the molecule is O=C(c1ccc(CN2CCCC2)cc1)N1CCN[C@H](c2ccccc2)C1. The zero-order valence-corrected chi connectivity index (χ0v) is 15.2. The van der Waals surface area contributed by atoms with Crippen LogP contribution < -0.4 is 5.32 Å². The molecule has 0 bridgehead atoms. The molecular formula is C22H27N3O. The standard InChI is InChI=1S/C22H27N3O/c26-22(20-10-8-18(9-11-20)16-24-13-4-5-14-24)25-15-12-23-21(17-25)19-6-2-1-3-7-19/h1-3,6-11,21,23H,4-5,12-17H2/t21-/m0/s1. The monoisotopic (exact) mass is 349 g/mol. The maximum Gasteiger partial charge on any atom is 0.253 e. The van der Waals surface area contributed by atoms with Crippen LogP contribution in [0, 0.1) is 0 Å². The molecule has 2 fully saturated rings. The Hall–Kier alpha value is -2.17. The summed E-state index contributed by atoms with van der Waals surface area (Å²) in [5.41, 5.74) is 3.33. The lowest BCUT2D eigenvalue weighted by Crippen LogP contribution is -2.48. The molecule has 2 aliphatic rings. The minimum Gasteiger partial charge on any atom is -0.335 e. The topological polar surface area (TPSA) is 35.6 Å². The summed E-state index contributed by atoms with van der Waals surface area (Å²) in [5.74, 6) is 0.139. The number of amides is 1. The molecule has 0 aliphatic carbocycles. The lowest BCUT2D eigenvalue weighted by Gasteiger charge is -2.34. The van der Waals surface area contributed by atoms with Crippen molar-refractivity contribution in [2.24, 2.45) is 0 Å². The Bertz CT molecular complexity index is 723. The van der Waals surface area contributed by atoms with Gasteiger partial charge in [0, 0.05) is 37.8 Å². The molecule has 0 aromatic heterocycles. The number of carbonyl (C=O) groups excluding carboxylic acids is 1. The number of rotatable bonds is 4. The molecule has 4 rings (SSSR count). The normalized spacial score (nSPS) is 21.1. The van der Waals surface area contributed by atoms with Gasteiger partial charge in [0.15, 0.2) is 0 Å². The third kappa shape index (κ3) is 3.97. The summed E-state index contributed by atoms with van der Waals surface area (Å²) in [6, 6.07) is 18.8. The second-order valence-corrected chi connectivity index (χ2v) is 7.35. The maximum absolute atomic E-state index is 12.9. The van der Waals surface area contributed by atoms with Gasteiger partial charge in [-0.15, -0.1) is 0 Å². The summed E-state index contributed by atoms with van der Waals surface area (Å²) in [7, 11) is 0. The molecule has 4 nitrogen and oxygen atoms in total. The second-order valence-electron chi connectivity index (χ2n) is 7.35. The number of benzene rings is 2. The highest BCUT2D eigenvalue weighted by Gasteiger charge is 2.25. The third-order valence-electron chi connectivity index (χ3n) is 5.47. The minimum absolute atomic E-state index is 0.139. The second kappa shape index (κ2) is 8.02. The van der Waals surface area contributed by atoms with Gasteiger partial charge >= 0.3 is 0 Å². The highest BCUT2D eigenvalue weighted by Crippen LogP contribution is 2.19. The molecule has 2 aromatic carbocycles. The summed E-state index contributed by atoms with van der Waals surface area (Å²) in [6.07, 6.45) is 2.62. The number of hydrogen-bond acceptors (Lipinski definition) is 3. The van der Waals surface area contributed by atoms with Gasteiger partial charge in [-0.3, -0.25) is 9.69 Å². The Labute approximate surface area is 155 Å². The van der Waals surface area contributed by atoms with E-state index in [1.54, 1.807) is 0 Å². The van der Waals surface area contributed by atoms with Gasteiger partial charge in [0.05, 0.1) is 0 Å². The van der Waals surface area contributed by atoms with Crippen LogP contribution in [0.1, 0.15) is 40.4 Å². The molecule has 2 heterocycles. The van der Waals surface area contributed by atoms with E-state index in [4.69, 9.17) is 0 Å². The van der Waals surface area contributed by atoms with Gasteiger partial charge in [0.25, 0.3) is 5.91 Å². The van der Waals surface area contributed by atoms with Crippen molar-refractivity contribution in [3.63, 3.8) is 0 Å². The van der Waals surface area contributed by atoms with E-state index in [-0.39, 0.29) is 11.9 Å². The van der Waals surface area contributed by atoms with Gasteiger partial charge in [-0.1, -0.05) is 42.5 Å². The summed E-state index contributed by atoms with van der Waals surface area (Å²) >= 11 is 0. The molecule has 0 unspecified atom stereocenters. The lowest BCUT2D eigenvalue weighted by atomic mass is 10.0. The molecule has 0 radical (unpaired) electrons. The molecule has 1 atom stereocenters. The van der Waals surface area contributed by atoms with Gasteiger partial charge in [-0.2, -0.15) is 0 Å². The Morgan fingerprint density at radius 1 is 0.962 bits per heavy atom. The summed E-state index contributed by atoms with van der Waals surface area (Å²) < 4.78 is 0. The summed E-state index contributed by atoms with van der Waals surface area (Å²) in [5, 5.41) is 3.52. The molecule has 4 heteroatoms. The molecule has 0 saturated carbocycles. The van der Waals surface area contributed by atoms with E-state index in [2.05, 4.69) is 46.6 Å². The molecule has 2 aliphatic heterocycles. The van der Waals surface area contributed by atoms with Crippen molar-refractivity contribution in [1.29, 1.82) is 0 Å². The van der Waals surface area contributed by atoms with Crippen LogP contribution in [0.3, 0.4) is 0 Å². The Morgan fingerprint density at radius 3 is 2.42 bits per heavy atom. The number of piperazine rings is 1. The first-order valence-electron chi connectivity index (χ1n) is 9.68. The first-order chi connectivity index (χ1) is 12.8. The Balaban J connectivity index is 1.40. The highest BCUT2D eigenvalue weighted by atomic mass is 16.2. The Morgan fingerprint density at radius 2 is 1.69 bits per heavy atom. The van der Waals surface area contributed by atoms with Crippen molar-refractivity contribution in [3.8, 4) is 0 Å². The van der Waals surface area contributed by atoms with Crippen LogP contribution >= 0.6 is 0 Å². The first kappa shape index (κ1) is 17.3. The smallest absolute Gasteiger partial charge is 0.253 e. The van der Waals surface area contributed by atoms with E-state index in [0.717, 1.165) is 31.7 Å². The third-order valence-corrected chi connectivity index (χ3v) is 5.47. The molecule has 1 N–H and O–H groups in total. The van der Waals surface area contributed by atoms with E-state index >= 15 is 0 Å². The van der Waals surface area contributed by atoms with Crippen LogP contribution in [0.15, 0.2) is 54.6 Å². The fraction of sp³-hybridized carbons (Fsp3) is 0.409. The molecule has 2 aromatic rings. The zero-order chi connectivity index (χ0) is 17.8. The van der Waals surface area contributed by atoms with Crippen molar-refractivity contribution >= 4 is 5.91 Å². The van der Waals surface area contributed by atoms with Gasteiger partial charge in [0.2, 0.25) is 0 Å². The van der Waals surface area contributed by atoms with Gasteiger partial charge in [-0.05, 0) is 49.2 Å². The van der Waals surface area contributed by atoms with Crippen LogP contribution in [-0.4, -0.2) is 48.4 Å². The summed E-state index contributed by atoms with van der Waals surface area (Å²) in [6.45, 7) is 5.71. The van der Waals surface area contributed by atoms with Crippen LogP contribution in [-0.2, 0) is 6.54 Å². The van der Waals surface area contributed by atoms with Crippen molar-refractivity contribution in [1.82, 2.24) is 15.1 Å². The van der Waals surface area contributed by atoms with Crippen molar-refractivity contribution in [2.75, 3.05) is 32.7 Å². The average molecular weight is 349 g/mol. The molecule has 1 amide bonds. The largest absolute Gasteiger partial charge is 0.335 e. The molecule has 26 heavy (non-hydrogen) atoms. The lowest BCUT2D eigenvalue weighted by molar-refractivity contribution is 0.0703. The quantitative estimate of drug-likeness (QED) is 0.921. The predicted octanol–water partition coefficient (Wildman–Crippen LogP) is 3.07. The van der Waals surface area contributed by atoms with Crippen LogP contribution in [0.4, 0.5) is 0 Å². The minimum atomic E-state index is 0.139. The fourth-order valence-electron chi connectivity index (χ4n) is 3.98. The number of nitrogens with zero attached hydrogens (tertiary/aromatic N) is 2. The van der Waals surface area contributed by atoms with Crippen LogP contribution in [0.2, 0.25) is 0 Å². The number of likely N-dealkylation sites (tertiary alicyclic amines) is 1. The van der Waals surface area contributed by atoms with E-state index in [0.29, 0.717) is 0 Å². The Kier molecular flexibility index (Phi) is 5.32. The van der Waals surface area contributed by atoms with Crippen molar-refractivity contribution < 1.29 is 4.79 Å². The molecular weight excluding hydrogens is 322 g/mol. The van der Waals surface area contributed by atoms with Crippen LogP contribution in [0.25, 0.3) is 0 Å². The average Bonchev–Trinajstić information content (AvgIpc) is 3.22. The first-order valence-corrected chi connectivity index (χ1v) is 9.68. The van der Waals surface area contributed by atoms with E-state index in [1.165, 1.54) is 37.1 Å². The van der Waals surface area contributed by atoms with Crippen molar-refractivity contribution in [3.05, 3.63) is 71.3 Å². The van der Waals surface area contributed by atoms with Crippen molar-refractivity contribution in [2.45, 2.75) is 25.4 Å². The van der Waals surface area contributed by atoms with Gasteiger partial charge < -0.3 is 10.2 Å². The highest BCUT2D eigenvalue weighted by molar-refractivity contribution is 5.94. The van der Waals surface area contributed by atoms with E-state index in [9.17, 15) is 4.79 Å². The molecule has 2 saturated heterocycles. The fourth-order valence-corrected chi connectivity index (χ4v) is 3.98. The molecule has 136 valence electrons.